The molecule has 0 heterocycles. The van der Waals surface area contributed by atoms with Crippen LogP contribution in [0.2, 0.25) is 0 Å². The Morgan fingerprint density at radius 3 is 1.35 bits per heavy atom. The lowest BCUT2D eigenvalue weighted by atomic mass is 10.1. The van der Waals surface area contributed by atoms with E-state index in [1.165, 1.54) is 0 Å². The van der Waals surface area contributed by atoms with Gasteiger partial charge in [-0.25, -0.2) is 9.59 Å². The molecule has 0 amide bonds. The molecule has 0 bridgehead atoms. The Kier molecular flexibility index (Phi) is 3.86. The average molecular weight is 321 g/mol. The highest BCUT2D eigenvalue weighted by Gasteiger charge is 2.17. The van der Waals surface area contributed by atoms with Gasteiger partial charge >= 0.3 is 11.9 Å². The van der Waals surface area contributed by atoms with Crippen molar-refractivity contribution in [2.75, 3.05) is 5.32 Å². The van der Waals surface area contributed by atoms with E-state index in [-0.39, 0.29) is 22.5 Å². The molecule has 0 atom stereocenters. The zero-order valence-corrected chi connectivity index (χ0v) is 11.3. The number of carboxylic acid groups (broad SMARTS) is 2. The summed E-state index contributed by atoms with van der Waals surface area (Å²) < 4.78 is 0. The summed E-state index contributed by atoms with van der Waals surface area (Å²) >= 11 is 0. The van der Waals surface area contributed by atoms with Gasteiger partial charge in [-0.2, -0.15) is 0 Å². The van der Waals surface area contributed by atoms with Gasteiger partial charge in [0.2, 0.25) is 0 Å². The summed E-state index contributed by atoms with van der Waals surface area (Å²) in [7, 11) is 0. The van der Waals surface area contributed by atoms with E-state index in [0.717, 1.165) is 24.3 Å². The van der Waals surface area contributed by atoms with Crippen molar-refractivity contribution >= 4 is 23.3 Å². The van der Waals surface area contributed by atoms with Crippen LogP contribution in [0.4, 0.5) is 11.4 Å². The van der Waals surface area contributed by atoms with Crippen molar-refractivity contribution in [2.24, 2.45) is 0 Å². The normalized spacial score (nSPS) is 10.3. The van der Waals surface area contributed by atoms with Gasteiger partial charge in [0.25, 0.3) is 0 Å². The number of phenols is 4. The van der Waals surface area contributed by atoms with Gasteiger partial charge in [-0.3, -0.25) is 0 Å². The van der Waals surface area contributed by atoms with E-state index < -0.39 is 34.9 Å². The van der Waals surface area contributed by atoms with Crippen LogP contribution in [0.1, 0.15) is 20.7 Å². The number of anilines is 2. The smallest absolute Gasteiger partial charge is 0.335 e. The Bertz CT molecular complexity index is 747. The molecule has 0 aromatic heterocycles. The standard InChI is InChI=1S/C14H11NO8/c16-9-3-5(13(20)21)1-7(11(9)18)15-8-2-6(14(22)23)4-10(17)12(8)19/h1-4,15-19H,(H,20,21)(H,22,23). The highest BCUT2D eigenvalue weighted by atomic mass is 16.4. The summed E-state index contributed by atoms with van der Waals surface area (Å²) in [6, 6.07) is 3.55. The molecule has 0 saturated carbocycles. The van der Waals surface area contributed by atoms with Crippen LogP contribution in [-0.2, 0) is 0 Å². The Morgan fingerprint density at radius 2 is 1.04 bits per heavy atom. The molecule has 0 radical (unpaired) electrons. The number of hydrogen-bond donors (Lipinski definition) is 7. The lowest BCUT2D eigenvalue weighted by molar-refractivity contribution is 0.0686. The van der Waals surface area contributed by atoms with E-state index in [2.05, 4.69) is 5.32 Å². The van der Waals surface area contributed by atoms with Crippen molar-refractivity contribution < 1.29 is 40.2 Å². The number of benzene rings is 2. The lowest BCUT2D eigenvalue weighted by Crippen LogP contribution is -2.01. The van der Waals surface area contributed by atoms with Crippen molar-refractivity contribution in [1.82, 2.24) is 0 Å². The minimum atomic E-state index is -1.38. The average Bonchev–Trinajstić information content (AvgIpc) is 2.47. The summed E-state index contributed by atoms with van der Waals surface area (Å²) in [5.41, 5.74) is -1.33. The van der Waals surface area contributed by atoms with E-state index in [9.17, 15) is 30.0 Å². The minimum absolute atomic E-state index is 0.306. The summed E-state index contributed by atoms with van der Waals surface area (Å²) in [6.07, 6.45) is 0. The number of phenolic OH excluding ortho intramolecular Hbond substituents is 4. The van der Waals surface area contributed by atoms with Crippen LogP contribution in [0.25, 0.3) is 0 Å². The first kappa shape index (κ1) is 15.8. The summed E-state index contributed by atoms with van der Waals surface area (Å²) in [4.78, 5) is 21.9. The van der Waals surface area contributed by atoms with Gasteiger partial charge in [0.15, 0.2) is 23.0 Å². The molecule has 2 rings (SSSR count). The SMILES string of the molecule is O=C(O)c1cc(O)c(O)c(Nc2cc(C(=O)O)cc(O)c2O)c1. The van der Waals surface area contributed by atoms with Crippen molar-refractivity contribution in [1.29, 1.82) is 0 Å². The van der Waals surface area contributed by atoms with Crippen molar-refractivity contribution in [2.45, 2.75) is 0 Å². The van der Waals surface area contributed by atoms with Crippen LogP contribution in [0.3, 0.4) is 0 Å². The van der Waals surface area contributed by atoms with E-state index >= 15 is 0 Å². The molecular formula is C14H11NO8. The Labute approximate surface area is 128 Å². The fourth-order valence-corrected chi connectivity index (χ4v) is 1.82. The number of aromatic hydroxyl groups is 4. The topological polar surface area (TPSA) is 168 Å². The largest absolute Gasteiger partial charge is 0.504 e. The van der Waals surface area contributed by atoms with Gasteiger partial charge in [0.05, 0.1) is 22.5 Å². The second-order valence-corrected chi connectivity index (χ2v) is 4.52. The molecule has 7 N–H and O–H groups in total. The molecule has 0 aliphatic heterocycles. The second-order valence-electron chi connectivity index (χ2n) is 4.52. The molecule has 0 fully saturated rings. The van der Waals surface area contributed by atoms with Crippen LogP contribution < -0.4 is 5.32 Å². The third-order valence-electron chi connectivity index (χ3n) is 2.94. The molecule has 120 valence electrons. The first-order valence-corrected chi connectivity index (χ1v) is 6.06. The highest BCUT2D eigenvalue weighted by Crippen LogP contribution is 2.41. The molecule has 9 heteroatoms. The van der Waals surface area contributed by atoms with E-state index in [4.69, 9.17) is 10.2 Å². The van der Waals surface area contributed by atoms with Gasteiger partial charge in [-0.05, 0) is 24.3 Å². The number of carboxylic acids is 2. The predicted molar refractivity (Wildman–Crippen MR) is 76.7 cm³/mol. The van der Waals surface area contributed by atoms with E-state index in [1.54, 1.807) is 0 Å². The van der Waals surface area contributed by atoms with Gasteiger partial charge < -0.3 is 36.0 Å². The van der Waals surface area contributed by atoms with Crippen molar-refractivity contribution in [3.8, 4) is 23.0 Å². The van der Waals surface area contributed by atoms with Crippen LogP contribution in [0.5, 0.6) is 23.0 Å². The fourth-order valence-electron chi connectivity index (χ4n) is 1.82. The molecule has 2 aromatic carbocycles. The molecular weight excluding hydrogens is 310 g/mol. The number of rotatable bonds is 4. The van der Waals surface area contributed by atoms with Crippen molar-refractivity contribution in [3.05, 3.63) is 35.4 Å². The fraction of sp³-hybridized carbons (Fsp3) is 0. The molecule has 0 spiro atoms. The number of aromatic carboxylic acids is 2. The Balaban J connectivity index is 2.55. The van der Waals surface area contributed by atoms with Gasteiger partial charge in [0.1, 0.15) is 0 Å². The maximum atomic E-state index is 10.9. The third kappa shape index (κ3) is 3.02. The van der Waals surface area contributed by atoms with Crippen LogP contribution in [-0.4, -0.2) is 42.6 Å². The van der Waals surface area contributed by atoms with Gasteiger partial charge in [-0.15, -0.1) is 0 Å². The molecule has 0 unspecified atom stereocenters. The number of carbonyl (C=O) groups is 2. The quantitative estimate of drug-likeness (QED) is 0.414. The summed E-state index contributed by atoms with van der Waals surface area (Å²) in [5.74, 6) is -5.65. The zero-order chi connectivity index (χ0) is 17.3. The Hall–Kier alpha value is -3.62. The maximum Gasteiger partial charge on any atom is 0.335 e. The molecule has 0 aliphatic carbocycles. The van der Waals surface area contributed by atoms with Gasteiger partial charge in [-0.1, -0.05) is 0 Å². The molecule has 0 aliphatic rings. The number of nitrogens with one attached hydrogen (secondary N) is 1. The monoisotopic (exact) mass is 321 g/mol. The Morgan fingerprint density at radius 1 is 0.696 bits per heavy atom. The maximum absolute atomic E-state index is 10.9. The summed E-state index contributed by atoms with van der Waals surface area (Å²) in [5, 5.41) is 58.7. The van der Waals surface area contributed by atoms with Gasteiger partial charge in [0, 0.05) is 0 Å². The third-order valence-corrected chi connectivity index (χ3v) is 2.94. The van der Waals surface area contributed by atoms with Crippen LogP contribution >= 0.6 is 0 Å². The van der Waals surface area contributed by atoms with Crippen molar-refractivity contribution in [3.63, 3.8) is 0 Å². The number of hydrogen-bond acceptors (Lipinski definition) is 7. The molecule has 23 heavy (non-hydrogen) atoms. The van der Waals surface area contributed by atoms with Crippen LogP contribution in [0, 0.1) is 0 Å². The van der Waals surface area contributed by atoms with E-state index in [1.807, 2.05) is 0 Å². The van der Waals surface area contributed by atoms with Crippen LogP contribution in [0.15, 0.2) is 24.3 Å². The molecule has 9 nitrogen and oxygen atoms in total. The first-order valence-electron chi connectivity index (χ1n) is 6.06. The zero-order valence-electron chi connectivity index (χ0n) is 11.3. The first-order chi connectivity index (χ1) is 10.7. The van der Waals surface area contributed by atoms with E-state index in [0.29, 0.717) is 0 Å². The lowest BCUT2D eigenvalue weighted by Gasteiger charge is -2.13. The predicted octanol–water partition coefficient (Wildman–Crippen LogP) is 1.65. The highest BCUT2D eigenvalue weighted by molar-refractivity contribution is 5.93. The molecule has 2 aromatic rings. The summed E-state index contributed by atoms with van der Waals surface area (Å²) in [6.45, 7) is 0. The second kappa shape index (κ2) is 5.64. The molecule has 0 saturated heterocycles. The minimum Gasteiger partial charge on any atom is -0.504 e.